The van der Waals surface area contributed by atoms with E-state index in [1.165, 1.54) is 0 Å². The first kappa shape index (κ1) is 4.56. The molecule has 0 radical (unpaired) electrons. The van der Waals surface area contributed by atoms with E-state index in [1.54, 1.807) is 0 Å². The normalized spacial score (nSPS) is 21.5. The molecule has 0 amide bonds. The molecule has 3 heteroatoms. The molecule has 1 aliphatic heterocycles. The highest BCUT2D eigenvalue weighted by molar-refractivity contribution is 9.09. The summed E-state index contributed by atoms with van der Waals surface area (Å²) in [4.78, 5) is 8.84. The maximum absolute atomic E-state index is 4.42. The van der Waals surface area contributed by atoms with Crippen molar-refractivity contribution in [1.29, 1.82) is 0 Å². The number of rotatable bonds is 2. The summed E-state index contributed by atoms with van der Waals surface area (Å²) in [5, 5.41) is 0.956. The highest BCUT2D eigenvalue weighted by atomic mass is 79.9. The van der Waals surface area contributed by atoms with E-state index in [0.717, 1.165) is 11.8 Å². The van der Waals surface area contributed by atoms with Crippen molar-refractivity contribution in [3.63, 3.8) is 0 Å². The van der Waals surface area contributed by atoms with E-state index in [2.05, 4.69) is 25.7 Å². The summed E-state index contributed by atoms with van der Waals surface area (Å²) in [7, 11) is 0. The van der Waals surface area contributed by atoms with E-state index < -0.39 is 0 Å². The fourth-order valence-electron chi connectivity index (χ4n) is 0.225. The molecule has 6 heavy (non-hydrogen) atoms. The SMILES string of the molecule is BrCCC1OO1. The third-order valence-electron chi connectivity index (χ3n) is 0.577. The molecule has 1 aliphatic rings. The molecular weight excluding hydrogens is 148 g/mol. The van der Waals surface area contributed by atoms with Crippen molar-refractivity contribution in [3.8, 4) is 0 Å². The van der Waals surface area contributed by atoms with Gasteiger partial charge in [0, 0.05) is 11.8 Å². The summed E-state index contributed by atoms with van der Waals surface area (Å²) in [6.07, 6.45) is 1.06. The van der Waals surface area contributed by atoms with E-state index in [0.29, 0.717) is 0 Å². The van der Waals surface area contributed by atoms with Gasteiger partial charge in [0.25, 0.3) is 0 Å². The molecule has 0 aliphatic carbocycles. The summed E-state index contributed by atoms with van der Waals surface area (Å²) in [5.74, 6) is 0. The fourth-order valence-corrected chi connectivity index (χ4v) is 0.598. The molecule has 0 aromatic rings. The predicted molar refractivity (Wildman–Crippen MR) is 24.4 cm³/mol. The Hall–Kier alpha value is 0.400. The lowest BCUT2D eigenvalue weighted by Gasteiger charge is -1.73. The zero-order valence-corrected chi connectivity index (χ0v) is 4.77. The van der Waals surface area contributed by atoms with Crippen LogP contribution in [0.15, 0.2) is 0 Å². The van der Waals surface area contributed by atoms with Crippen LogP contribution in [0.4, 0.5) is 0 Å². The maximum atomic E-state index is 4.42. The Kier molecular flexibility index (Phi) is 1.45. The monoisotopic (exact) mass is 152 g/mol. The Morgan fingerprint density at radius 2 is 2.17 bits per heavy atom. The van der Waals surface area contributed by atoms with E-state index in [4.69, 9.17) is 0 Å². The minimum absolute atomic E-state index is 0.101. The van der Waals surface area contributed by atoms with Gasteiger partial charge in [0.15, 0.2) is 0 Å². The summed E-state index contributed by atoms with van der Waals surface area (Å²) < 4.78 is 0. The molecule has 0 N–H and O–H groups in total. The Balaban J connectivity index is 1.88. The minimum Gasteiger partial charge on any atom is -0.198 e. The van der Waals surface area contributed by atoms with Gasteiger partial charge >= 0.3 is 0 Å². The van der Waals surface area contributed by atoms with E-state index in [9.17, 15) is 0 Å². The Labute approximate surface area is 44.5 Å². The lowest BCUT2D eigenvalue weighted by Crippen LogP contribution is -1.81. The smallest absolute Gasteiger partial charge is 0.198 e. The molecule has 1 heterocycles. The van der Waals surface area contributed by atoms with Gasteiger partial charge in [0.05, 0.1) is 0 Å². The summed E-state index contributed by atoms with van der Waals surface area (Å²) in [5.41, 5.74) is 0. The van der Waals surface area contributed by atoms with Crippen LogP contribution in [0.5, 0.6) is 0 Å². The van der Waals surface area contributed by atoms with Crippen LogP contribution in [0, 0.1) is 0 Å². The van der Waals surface area contributed by atoms with Crippen LogP contribution < -0.4 is 0 Å². The van der Waals surface area contributed by atoms with Crippen molar-refractivity contribution in [1.82, 2.24) is 0 Å². The third kappa shape index (κ3) is 1.24. The van der Waals surface area contributed by atoms with Crippen LogP contribution in [-0.2, 0) is 9.78 Å². The van der Waals surface area contributed by atoms with Gasteiger partial charge in [-0.25, -0.2) is 0 Å². The van der Waals surface area contributed by atoms with Gasteiger partial charge in [-0.2, -0.15) is 9.78 Å². The first-order valence-corrected chi connectivity index (χ1v) is 2.94. The molecule has 0 aromatic carbocycles. The number of halogens is 1. The van der Waals surface area contributed by atoms with Gasteiger partial charge < -0.3 is 0 Å². The Morgan fingerprint density at radius 3 is 2.33 bits per heavy atom. The molecule has 1 fully saturated rings. The lowest BCUT2D eigenvalue weighted by atomic mass is 10.5. The molecule has 0 aromatic heterocycles. The second-order valence-corrected chi connectivity index (χ2v) is 1.89. The van der Waals surface area contributed by atoms with E-state index >= 15 is 0 Å². The lowest BCUT2D eigenvalue weighted by molar-refractivity contribution is 0.0850. The Morgan fingerprint density at radius 1 is 1.50 bits per heavy atom. The maximum Gasteiger partial charge on any atom is 0.225 e. The van der Waals surface area contributed by atoms with Crippen LogP contribution in [0.1, 0.15) is 6.42 Å². The summed E-state index contributed by atoms with van der Waals surface area (Å²) in [6, 6.07) is 0. The first-order chi connectivity index (χ1) is 2.93. The quantitative estimate of drug-likeness (QED) is 0.336. The highest BCUT2D eigenvalue weighted by Gasteiger charge is 2.23. The van der Waals surface area contributed by atoms with Gasteiger partial charge in [-0.15, -0.1) is 0 Å². The van der Waals surface area contributed by atoms with Crippen LogP contribution in [0.3, 0.4) is 0 Å². The van der Waals surface area contributed by atoms with E-state index in [1.807, 2.05) is 0 Å². The fraction of sp³-hybridized carbons (Fsp3) is 1.00. The van der Waals surface area contributed by atoms with Gasteiger partial charge in [0.2, 0.25) is 6.29 Å². The molecule has 1 rings (SSSR count). The summed E-state index contributed by atoms with van der Waals surface area (Å²) in [6.45, 7) is 0. The summed E-state index contributed by atoms with van der Waals surface area (Å²) >= 11 is 3.23. The molecular formula is C3H5BrO2. The largest absolute Gasteiger partial charge is 0.225 e. The highest BCUT2D eigenvalue weighted by Crippen LogP contribution is 2.16. The van der Waals surface area contributed by atoms with Gasteiger partial charge in [-0.1, -0.05) is 15.9 Å². The van der Waals surface area contributed by atoms with E-state index in [-0.39, 0.29) is 6.29 Å². The van der Waals surface area contributed by atoms with Crippen molar-refractivity contribution < 1.29 is 9.78 Å². The topological polar surface area (TPSA) is 25.1 Å². The predicted octanol–water partition coefficient (Wildman–Crippen LogP) is 1.06. The molecule has 0 saturated carbocycles. The molecule has 0 atom stereocenters. The third-order valence-corrected chi connectivity index (χ3v) is 1.03. The van der Waals surface area contributed by atoms with Crippen LogP contribution in [-0.4, -0.2) is 11.6 Å². The molecule has 36 valence electrons. The number of hydrogen-bond donors (Lipinski definition) is 0. The first-order valence-electron chi connectivity index (χ1n) is 1.81. The van der Waals surface area contributed by atoms with Gasteiger partial charge in [-0.05, 0) is 0 Å². The number of alkyl halides is 1. The number of hydrogen-bond acceptors (Lipinski definition) is 2. The van der Waals surface area contributed by atoms with Crippen molar-refractivity contribution >= 4 is 15.9 Å². The van der Waals surface area contributed by atoms with Crippen molar-refractivity contribution in [2.75, 3.05) is 5.33 Å². The van der Waals surface area contributed by atoms with Crippen LogP contribution in [0.2, 0.25) is 0 Å². The van der Waals surface area contributed by atoms with Crippen molar-refractivity contribution in [2.24, 2.45) is 0 Å². The minimum atomic E-state index is 0.101. The standard InChI is InChI=1S/C3H5BrO2/c4-2-1-3-5-6-3/h3H,1-2H2. The molecule has 2 nitrogen and oxygen atoms in total. The zero-order valence-electron chi connectivity index (χ0n) is 3.19. The molecule has 1 saturated heterocycles. The average molecular weight is 153 g/mol. The molecule has 0 spiro atoms. The second-order valence-electron chi connectivity index (χ2n) is 1.10. The van der Waals surface area contributed by atoms with Gasteiger partial charge in [0.1, 0.15) is 0 Å². The van der Waals surface area contributed by atoms with Gasteiger partial charge in [-0.3, -0.25) is 0 Å². The average Bonchev–Trinajstić information content (AvgIpc) is 2.21. The van der Waals surface area contributed by atoms with Crippen molar-refractivity contribution in [3.05, 3.63) is 0 Å². The Bertz CT molecular complexity index is 44.1. The molecule has 0 bridgehead atoms. The zero-order chi connectivity index (χ0) is 4.41. The van der Waals surface area contributed by atoms with Crippen LogP contribution >= 0.6 is 15.9 Å². The van der Waals surface area contributed by atoms with Crippen LogP contribution in [0.25, 0.3) is 0 Å². The molecule has 0 unspecified atom stereocenters. The second kappa shape index (κ2) is 1.91. The van der Waals surface area contributed by atoms with Crippen molar-refractivity contribution in [2.45, 2.75) is 12.7 Å².